The Morgan fingerprint density at radius 3 is 2.69 bits per heavy atom. The Labute approximate surface area is 105 Å². The van der Waals surface area contributed by atoms with Crippen LogP contribution in [0.1, 0.15) is 36.6 Å². The Bertz CT molecular complexity index is 517. The smallest absolute Gasteiger partial charge is 0.0737 e. The Balaban J connectivity index is 2.79. The van der Waals surface area contributed by atoms with Gasteiger partial charge in [-0.15, -0.1) is 0 Å². The van der Waals surface area contributed by atoms with Crippen LogP contribution >= 0.6 is 15.9 Å². The Kier molecular flexibility index (Phi) is 3.29. The average molecular weight is 278 g/mol. The van der Waals surface area contributed by atoms with Gasteiger partial charge in [0, 0.05) is 16.4 Å². The van der Waals surface area contributed by atoms with Gasteiger partial charge in [0.1, 0.15) is 0 Å². The van der Waals surface area contributed by atoms with Crippen molar-refractivity contribution < 1.29 is 0 Å². The molecule has 16 heavy (non-hydrogen) atoms. The largest absolute Gasteiger partial charge is 0.252 e. The predicted molar refractivity (Wildman–Crippen MR) is 73.2 cm³/mol. The zero-order chi connectivity index (χ0) is 11.7. The van der Waals surface area contributed by atoms with Crippen LogP contribution in [0.4, 0.5) is 0 Å². The molecule has 2 aromatic rings. The molecule has 1 nitrogen and oxygen atoms in total. The van der Waals surface area contributed by atoms with E-state index in [1.165, 1.54) is 22.2 Å². The van der Waals surface area contributed by atoms with Crippen molar-refractivity contribution in [3.05, 3.63) is 41.1 Å². The number of hydrogen-bond donors (Lipinski definition) is 0. The minimum absolute atomic E-state index is 0.474. The van der Waals surface area contributed by atoms with Gasteiger partial charge < -0.3 is 0 Å². The third kappa shape index (κ3) is 1.99. The van der Waals surface area contributed by atoms with Gasteiger partial charge in [-0.3, -0.25) is 4.98 Å². The molecule has 1 aromatic heterocycles. The molecule has 0 radical (unpaired) electrons. The highest BCUT2D eigenvalue weighted by Gasteiger charge is 2.08. The molecule has 84 valence electrons. The zero-order valence-electron chi connectivity index (χ0n) is 9.92. The maximum atomic E-state index is 4.76. The van der Waals surface area contributed by atoms with E-state index in [9.17, 15) is 0 Å². The molecule has 2 rings (SSSR count). The highest BCUT2D eigenvalue weighted by Crippen LogP contribution is 2.25. The lowest BCUT2D eigenvalue weighted by Crippen LogP contribution is -1.97. The number of pyridine rings is 1. The van der Waals surface area contributed by atoms with Crippen LogP contribution < -0.4 is 0 Å². The van der Waals surface area contributed by atoms with E-state index in [0.29, 0.717) is 5.92 Å². The van der Waals surface area contributed by atoms with E-state index in [1.54, 1.807) is 0 Å². The molecular formula is C14H16BrN. The molecule has 2 heteroatoms. The first-order valence-corrected chi connectivity index (χ1v) is 6.70. The molecule has 0 aliphatic rings. The number of halogens is 1. The Morgan fingerprint density at radius 2 is 2.06 bits per heavy atom. The first-order valence-electron chi connectivity index (χ1n) is 5.58. The quantitative estimate of drug-likeness (QED) is 0.734. The number of nitrogens with zero attached hydrogens (tertiary/aromatic N) is 1. The van der Waals surface area contributed by atoms with Crippen LogP contribution in [0, 0.1) is 6.92 Å². The number of rotatable bonds is 2. The SMILES string of the molecule is Cc1cccc2c(CBr)cc(C(C)C)nc12. The maximum Gasteiger partial charge on any atom is 0.0737 e. The van der Waals surface area contributed by atoms with Crippen molar-refractivity contribution in [2.24, 2.45) is 0 Å². The summed E-state index contributed by atoms with van der Waals surface area (Å²) in [6, 6.07) is 8.58. The van der Waals surface area contributed by atoms with Crippen LogP contribution in [0.3, 0.4) is 0 Å². The van der Waals surface area contributed by atoms with E-state index < -0.39 is 0 Å². The molecule has 0 N–H and O–H groups in total. The van der Waals surface area contributed by atoms with E-state index in [-0.39, 0.29) is 0 Å². The summed E-state index contributed by atoms with van der Waals surface area (Å²) in [5.74, 6) is 0.474. The summed E-state index contributed by atoms with van der Waals surface area (Å²) in [5.41, 5.74) is 4.90. The van der Waals surface area contributed by atoms with Crippen LogP contribution in [-0.2, 0) is 5.33 Å². The normalized spacial score (nSPS) is 11.3. The van der Waals surface area contributed by atoms with E-state index in [4.69, 9.17) is 4.98 Å². The third-order valence-electron chi connectivity index (χ3n) is 2.88. The topological polar surface area (TPSA) is 12.9 Å². The van der Waals surface area contributed by atoms with Gasteiger partial charge in [0.15, 0.2) is 0 Å². The second kappa shape index (κ2) is 4.54. The molecule has 0 bridgehead atoms. The molecule has 0 aliphatic heterocycles. The Hall–Kier alpha value is -0.890. The molecule has 0 amide bonds. The molecule has 0 saturated heterocycles. The number of alkyl halides is 1. The summed E-state index contributed by atoms with van der Waals surface area (Å²) >= 11 is 3.56. The molecule has 1 aromatic carbocycles. The van der Waals surface area contributed by atoms with E-state index >= 15 is 0 Å². The summed E-state index contributed by atoms with van der Waals surface area (Å²) in [7, 11) is 0. The van der Waals surface area contributed by atoms with Gasteiger partial charge in [-0.1, -0.05) is 48.0 Å². The van der Waals surface area contributed by atoms with Crippen molar-refractivity contribution >= 4 is 26.8 Å². The highest BCUT2D eigenvalue weighted by molar-refractivity contribution is 9.08. The van der Waals surface area contributed by atoms with Crippen LogP contribution in [0.25, 0.3) is 10.9 Å². The number of para-hydroxylation sites is 1. The Morgan fingerprint density at radius 1 is 1.31 bits per heavy atom. The zero-order valence-corrected chi connectivity index (χ0v) is 11.5. The fourth-order valence-corrected chi connectivity index (χ4v) is 2.35. The summed E-state index contributed by atoms with van der Waals surface area (Å²) in [5, 5.41) is 2.15. The number of aryl methyl sites for hydroxylation is 1. The van der Waals surface area contributed by atoms with E-state index in [1.807, 2.05) is 0 Å². The summed E-state index contributed by atoms with van der Waals surface area (Å²) < 4.78 is 0. The average Bonchev–Trinajstić information content (AvgIpc) is 2.28. The summed E-state index contributed by atoms with van der Waals surface area (Å²) in [6.45, 7) is 6.49. The maximum absolute atomic E-state index is 4.76. The van der Waals surface area contributed by atoms with Crippen molar-refractivity contribution in [3.63, 3.8) is 0 Å². The van der Waals surface area contributed by atoms with Gasteiger partial charge in [-0.2, -0.15) is 0 Å². The first-order chi connectivity index (χ1) is 7.63. The molecule has 0 saturated carbocycles. The van der Waals surface area contributed by atoms with Gasteiger partial charge in [-0.25, -0.2) is 0 Å². The van der Waals surface area contributed by atoms with Crippen molar-refractivity contribution in [1.29, 1.82) is 0 Å². The van der Waals surface area contributed by atoms with Crippen molar-refractivity contribution in [3.8, 4) is 0 Å². The van der Waals surface area contributed by atoms with Crippen LogP contribution in [0.2, 0.25) is 0 Å². The first kappa shape index (κ1) is 11.6. The van der Waals surface area contributed by atoms with Crippen molar-refractivity contribution in [1.82, 2.24) is 4.98 Å². The standard InChI is InChI=1S/C14H16BrN/c1-9(2)13-7-11(8-15)12-6-4-5-10(3)14(12)16-13/h4-7,9H,8H2,1-3H3. The number of fused-ring (bicyclic) bond motifs is 1. The van der Waals surface area contributed by atoms with Crippen LogP contribution in [-0.4, -0.2) is 4.98 Å². The fourth-order valence-electron chi connectivity index (χ4n) is 1.89. The monoisotopic (exact) mass is 277 g/mol. The van der Waals surface area contributed by atoms with E-state index in [2.05, 4.69) is 61.0 Å². The highest BCUT2D eigenvalue weighted by atomic mass is 79.9. The van der Waals surface area contributed by atoms with Gasteiger partial charge in [-0.05, 0) is 30.0 Å². The third-order valence-corrected chi connectivity index (χ3v) is 3.49. The lowest BCUT2D eigenvalue weighted by molar-refractivity contribution is 0.827. The van der Waals surface area contributed by atoms with Gasteiger partial charge in [0.2, 0.25) is 0 Å². The summed E-state index contributed by atoms with van der Waals surface area (Å²) in [4.78, 5) is 4.76. The lowest BCUT2D eigenvalue weighted by atomic mass is 10.0. The molecule has 0 atom stereocenters. The molecule has 0 spiro atoms. The second-order valence-electron chi connectivity index (χ2n) is 4.47. The van der Waals surface area contributed by atoms with Crippen LogP contribution in [0.15, 0.2) is 24.3 Å². The number of benzene rings is 1. The lowest BCUT2D eigenvalue weighted by Gasteiger charge is -2.11. The molecular weight excluding hydrogens is 262 g/mol. The van der Waals surface area contributed by atoms with Crippen LogP contribution in [0.5, 0.6) is 0 Å². The minimum Gasteiger partial charge on any atom is -0.252 e. The minimum atomic E-state index is 0.474. The molecule has 0 unspecified atom stereocenters. The molecule has 1 heterocycles. The van der Waals surface area contributed by atoms with Gasteiger partial charge in [0.25, 0.3) is 0 Å². The van der Waals surface area contributed by atoms with Gasteiger partial charge in [0.05, 0.1) is 5.52 Å². The fraction of sp³-hybridized carbons (Fsp3) is 0.357. The van der Waals surface area contributed by atoms with E-state index in [0.717, 1.165) is 10.8 Å². The predicted octanol–water partition coefficient (Wildman–Crippen LogP) is 4.56. The molecule has 0 fully saturated rings. The summed E-state index contributed by atoms with van der Waals surface area (Å²) in [6.07, 6.45) is 0. The van der Waals surface area contributed by atoms with Gasteiger partial charge >= 0.3 is 0 Å². The number of aromatic nitrogens is 1. The second-order valence-corrected chi connectivity index (χ2v) is 5.03. The molecule has 0 aliphatic carbocycles. The number of hydrogen-bond acceptors (Lipinski definition) is 1. The van der Waals surface area contributed by atoms with Crippen molar-refractivity contribution in [2.75, 3.05) is 0 Å². The van der Waals surface area contributed by atoms with Crippen molar-refractivity contribution in [2.45, 2.75) is 32.0 Å².